The van der Waals surface area contributed by atoms with Crippen LogP contribution < -0.4 is 0 Å². The predicted octanol–water partition coefficient (Wildman–Crippen LogP) is 4.39. The van der Waals surface area contributed by atoms with Crippen LogP contribution in [0.3, 0.4) is 0 Å². The van der Waals surface area contributed by atoms with E-state index in [2.05, 4.69) is 12.6 Å². The van der Waals surface area contributed by atoms with Gasteiger partial charge in [0.15, 0.2) is 0 Å². The molecular formula is C20H19FN2OS. The van der Waals surface area contributed by atoms with Crippen LogP contribution in [0.25, 0.3) is 0 Å². The van der Waals surface area contributed by atoms with Crippen LogP contribution in [-0.2, 0) is 11.3 Å². The number of hydrogen-bond donors (Lipinski definition) is 0. The van der Waals surface area contributed by atoms with Crippen LogP contribution in [0.5, 0.6) is 0 Å². The van der Waals surface area contributed by atoms with E-state index in [0.29, 0.717) is 30.8 Å². The summed E-state index contributed by atoms with van der Waals surface area (Å²) in [7, 11) is 0. The number of halogens is 1. The molecule has 0 spiro atoms. The van der Waals surface area contributed by atoms with E-state index in [0.717, 1.165) is 10.5 Å². The largest absolute Gasteiger partial charge is 0.335 e. The Hall–Kier alpha value is -2.58. The van der Waals surface area contributed by atoms with Crippen LogP contribution in [0.15, 0.2) is 66.1 Å². The quantitative estimate of drug-likeness (QED) is 0.521. The summed E-state index contributed by atoms with van der Waals surface area (Å²) in [5.41, 5.74) is 1.57. The molecule has 0 saturated heterocycles. The molecule has 25 heavy (non-hydrogen) atoms. The van der Waals surface area contributed by atoms with Gasteiger partial charge in [0.1, 0.15) is 5.82 Å². The summed E-state index contributed by atoms with van der Waals surface area (Å²) in [5.74, 6) is 0.407. The van der Waals surface area contributed by atoms with E-state index in [1.165, 1.54) is 23.9 Å². The summed E-state index contributed by atoms with van der Waals surface area (Å²) < 4.78 is 12.9. The maximum Gasteiger partial charge on any atom is 0.223 e. The van der Waals surface area contributed by atoms with E-state index < -0.39 is 0 Å². The predicted molar refractivity (Wildman–Crippen MR) is 98.5 cm³/mol. The summed E-state index contributed by atoms with van der Waals surface area (Å²) in [5, 5.41) is 8.84. The van der Waals surface area contributed by atoms with Gasteiger partial charge in [-0.05, 0) is 42.0 Å². The van der Waals surface area contributed by atoms with Crippen molar-refractivity contribution in [3.63, 3.8) is 0 Å². The van der Waals surface area contributed by atoms with E-state index in [1.807, 2.05) is 12.1 Å². The molecular weight excluding hydrogens is 335 g/mol. The van der Waals surface area contributed by atoms with Crippen molar-refractivity contribution in [2.45, 2.75) is 17.9 Å². The van der Waals surface area contributed by atoms with Crippen molar-refractivity contribution in [3.8, 4) is 6.07 Å². The van der Waals surface area contributed by atoms with Crippen molar-refractivity contribution in [2.24, 2.45) is 0 Å². The maximum absolute atomic E-state index is 12.9. The lowest BCUT2D eigenvalue weighted by Gasteiger charge is -2.21. The van der Waals surface area contributed by atoms with Crippen LogP contribution in [0.2, 0.25) is 0 Å². The van der Waals surface area contributed by atoms with E-state index in [1.54, 1.807) is 35.2 Å². The molecule has 0 N–H and O–H groups in total. The first kappa shape index (κ1) is 18.8. The molecule has 2 rings (SSSR count). The molecule has 3 nitrogen and oxygen atoms in total. The standard InChI is InChI=1S/C20H19FN2OS/c1-2-12-23(15-17-5-3-16(14-22)4-6-17)20(24)11-13-25-19-9-7-18(21)8-10-19/h2-10H,1,11-13,15H2. The van der Waals surface area contributed by atoms with Gasteiger partial charge in [-0.3, -0.25) is 4.79 Å². The van der Waals surface area contributed by atoms with E-state index >= 15 is 0 Å². The van der Waals surface area contributed by atoms with Crippen LogP contribution >= 0.6 is 11.8 Å². The molecule has 0 aliphatic carbocycles. The van der Waals surface area contributed by atoms with Crippen molar-refractivity contribution in [1.82, 2.24) is 4.90 Å². The fourth-order valence-electron chi connectivity index (χ4n) is 2.26. The zero-order valence-electron chi connectivity index (χ0n) is 13.8. The molecule has 0 aliphatic heterocycles. The molecule has 1 amide bonds. The highest BCUT2D eigenvalue weighted by atomic mass is 32.2. The second kappa shape index (κ2) is 9.65. The fraction of sp³-hybridized carbons (Fsp3) is 0.200. The summed E-state index contributed by atoms with van der Waals surface area (Å²) in [6, 6.07) is 15.5. The van der Waals surface area contributed by atoms with Gasteiger partial charge in [0, 0.05) is 30.2 Å². The van der Waals surface area contributed by atoms with Gasteiger partial charge in [-0.2, -0.15) is 5.26 Å². The van der Waals surface area contributed by atoms with Gasteiger partial charge in [-0.1, -0.05) is 18.2 Å². The Kier molecular flexibility index (Phi) is 7.24. The molecule has 5 heteroatoms. The Morgan fingerprint density at radius 2 is 1.88 bits per heavy atom. The molecule has 0 aromatic heterocycles. The maximum atomic E-state index is 12.9. The normalized spacial score (nSPS) is 10.1. The lowest BCUT2D eigenvalue weighted by molar-refractivity contribution is -0.130. The average Bonchev–Trinajstić information content (AvgIpc) is 2.63. The average molecular weight is 354 g/mol. The highest BCUT2D eigenvalue weighted by Gasteiger charge is 2.12. The zero-order valence-corrected chi connectivity index (χ0v) is 14.6. The molecule has 0 atom stereocenters. The second-order valence-electron chi connectivity index (χ2n) is 5.42. The van der Waals surface area contributed by atoms with E-state index in [-0.39, 0.29) is 11.7 Å². The van der Waals surface area contributed by atoms with Crippen LogP contribution in [0.1, 0.15) is 17.5 Å². The molecule has 0 unspecified atom stereocenters. The van der Waals surface area contributed by atoms with Gasteiger partial charge in [0.25, 0.3) is 0 Å². The summed E-state index contributed by atoms with van der Waals surface area (Å²) in [6.45, 7) is 4.67. The Balaban J connectivity index is 1.89. The fourth-order valence-corrected chi connectivity index (χ4v) is 3.10. The third kappa shape index (κ3) is 6.09. The number of nitriles is 1. The third-order valence-corrected chi connectivity index (χ3v) is 4.57. The number of carbonyl (C=O) groups is 1. The molecule has 0 saturated carbocycles. The first-order valence-electron chi connectivity index (χ1n) is 7.88. The monoisotopic (exact) mass is 354 g/mol. The molecule has 0 radical (unpaired) electrons. The van der Waals surface area contributed by atoms with Crippen LogP contribution in [0, 0.1) is 17.1 Å². The van der Waals surface area contributed by atoms with Gasteiger partial charge in [0.2, 0.25) is 5.91 Å². The van der Waals surface area contributed by atoms with Crippen molar-refractivity contribution in [3.05, 3.63) is 78.1 Å². The molecule has 128 valence electrons. The van der Waals surface area contributed by atoms with Gasteiger partial charge in [-0.15, -0.1) is 18.3 Å². The lowest BCUT2D eigenvalue weighted by atomic mass is 10.1. The van der Waals surface area contributed by atoms with E-state index in [9.17, 15) is 9.18 Å². The first-order chi connectivity index (χ1) is 12.1. The number of hydrogen-bond acceptors (Lipinski definition) is 3. The molecule has 0 heterocycles. The Morgan fingerprint density at radius 3 is 2.48 bits per heavy atom. The molecule has 0 bridgehead atoms. The Bertz CT molecular complexity index is 751. The van der Waals surface area contributed by atoms with Gasteiger partial charge >= 0.3 is 0 Å². The van der Waals surface area contributed by atoms with Crippen LogP contribution in [-0.4, -0.2) is 23.1 Å². The first-order valence-corrected chi connectivity index (χ1v) is 8.87. The molecule has 2 aromatic rings. The van der Waals surface area contributed by atoms with Gasteiger partial charge in [0.05, 0.1) is 11.6 Å². The summed E-state index contributed by atoms with van der Waals surface area (Å²) in [4.78, 5) is 15.1. The Morgan fingerprint density at radius 1 is 1.20 bits per heavy atom. The SMILES string of the molecule is C=CCN(Cc1ccc(C#N)cc1)C(=O)CCSc1ccc(F)cc1. The highest BCUT2D eigenvalue weighted by molar-refractivity contribution is 7.99. The summed E-state index contributed by atoms with van der Waals surface area (Å²) in [6.07, 6.45) is 2.10. The van der Waals surface area contributed by atoms with Crippen molar-refractivity contribution in [2.75, 3.05) is 12.3 Å². The van der Waals surface area contributed by atoms with Crippen molar-refractivity contribution >= 4 is 17.7 Å². The van der Waals surface area contributed by atoms with Gasteiger partial charge < -0.3 is 4.90 Å². The van der Waals surface area contributed by atoms with Crippen LogP contribution in [0.4, 0.5) is 4.39 Å². The lowest BCUT2D eigenvalue weighted by Crippen LogP contribution is -2.30. The van der Waals surface area contributed by atoms with E-state index in [4.69, 9.17) is 5.26 Å². The number of nitrogens with zero attached hydrogens (tertiary/aromatic N) is 2. The second-order valence-corrected chi connectivity index (χ2v) is 6.59. The number of amides is 1. The molecule has 2 aromatic carbocycles. The molecule has 0 fully saturated rings. The summed E-state index contributed by atoms with van der Waals surface area (Å²) >= 11 is 1.53. The molecule has 0 aliphatic rings. The highest BCUT2D eigenvalue weighted by Crippen LogP contribution is 2.19. The third-order valence-electron chi connectivity index (χ3n) is 3.56. The topological polar surface area (TPSA) is 44.1 Å². The van der Waals surface area contributed by atoms with Crippen molar-refractivity contribution < 1.29 is 9.18 Å². The minimum atomic E-state index is -0.264. The minimum Gasteiger partial charge on any atom is -0.335 e. The number of benzene rings is 2. The number of carbonyl (C=O) groups excluding carboxylic acids is 1. The zero-order chi connectivity index (χ0) is 18.1. The number of rotatable bonds is 8. The smallest absolute Gasteiger partial charge is 0.223 e. The van der Waals surface area contributed by atoms with Crippen molar-refractivity contribution in [1.29, 1.82) is 5.26 Å². The number of thioether (sulfide) groups is 1. The Labute approximate surface area is 151 Å². The van der Waals surface area contributed by atoms with Gasteiger partial charge in [-0.25, -0.2) is 4.39 Å². The minimum absolute atomic E-state index is 0.0406.